The molecule has 0 radical (unpaired) electrons. The number of rotatable bonds is 6. The first-order valence-electron chi connectivity index (χ1n) is 12.2. The minimum atomic E-state index is -0.513. The lowest BCUT2D eigenvalue weighted by atomic mass is 10.2. The molecule has 3 rings (SSSR count). The van der Waals surface area contributed by atoms with Crippen LogP contribution in [0.3, 0.4) is 0 Å². The molecule has 0 aromatic carbocycles. The van der Waals surface area contributed by atoms with E-state index >= 15 is 0 Å². The zero-order valence-electron chi connectivity index (χ0n) is 21.3. The van der Waals surface area contributed by atoms with Crippen molar-refractivity contribution in [3.8, 4) is 6.07 Å². The van der Waals surface area contributed by atoms with Crippen LogP contribution in [0.1, 0.15) is 46.2 Å². The van der Waals surface area contributed by atoms with Crippen molar-refractivity contribution in [1.29, 1.82) is 5.26 Å². The number of methoxy groups -OCH3 is 1. The van der Waals surface area contributed by atoms with Crippen molar-refractivity contribution in [2.75, 3.05) is 75.9 Å². The molecule has 188 valence electrons. The first-order chi connectivity index (χ1) is 16.2. The molecule has 34 heavy (non-hydrogen) atoms. The number of nitriles is 1. The van der Waals surface area contributed by atoms with Gasteiger partial charge in [0.05, 0.1) is 0 Å². The van der Waals surface area contributed by atoms with Crippen molar-refractivity contribution < 1.29 is 14.3 Å². The summed E-state index contributed by atoms with van der Waals surface area (Å²) in [5.41, 5.74) is -0.149. The van der Waals surface area contributed by atoms with Gasteiger partial charge in [-0.3, -0.25) is 0 Å². The zero-order chi connectivity index (χ0) is 24.7. The van der Waals surface area contributed by atoms with Gasteiger partial charge in [-0.2, -0.15) is 10.2 Å². The SMILES string of the molecule is COCCCN1CCCN(c2nc(C#N)cc(N3CCN(C(=O)OC(C)(C)C)CC3)n2)[C@@H](C)C1. The second-order valence-corrected chi connectivity index (χ2v) is 10.0. The standard InChI is InChI=1S/C24H39N7O3/c1-19-18-28(9-7-15-33-5)8-6-10-31(19)22-26-20(17-25)16-21(27-22)29-11-13-30(14-12-29)23(32)34-24(2,3)4/h16,19H,6-15,18H2,1-5H3/t19-/m0/s1. The lowest BCUT2D eigenvalue weighted by Gasteiger charge is -2.36. The maximum Gasteiger partial charge on any atom is 0.410 e. The quantitative estimate of drug-likeness (QED) is 0.577. The van der Waals surface area contributed by atoms with Crippen LogP contribution < -0.4 is 9.80 Å². The van der Waals surface area contributed by atoms with Crippen LogP contribution in [0.25, 0.3) is 0 Å². The van der Waals surface area contributed by atoms with Gasteiger partial charge in [0.25, 0.3) is 0 Å². The Bertz CT molecular complexity index is 859. The predicted octanol–water partition coefficient (Wildman–Crippen LogP) is 2.34. The third-order valence-corrected chi connectivity index (χ3v) is 6.08. The molecule has 1 aromatic heterocycles. The molecule has 2 saturated heterocycles. The molecule has 3 heterocycles. The molecule has 2 fully saturated rings. The van der Waals surface area contributed by atoms with E-state index in [1.807, 2.05) is 20.8 Å². The Morgan fingerprint density at radius 3 is 2.56 bits per heavy atom. The van der Waals surface area contributed by atoms with Crippen LogP contribution in [0.15, 0.2) is 6.07 Å². The summed E-state index contributed by atoms with van der Waals surface area (Å²) < 4.78 is 10.7. The van der Waals surface area contributed by atoms with E-state index in [1.54, 1.807) is 18.1 Å². The minimum absolute atomic E-state index is 0.232. The summed E-state index contributed by atoms with van der Waals surface area (Å²) in [6, 6.07) is 4.17. The molecule has 2 aliphatic rings. The van der Waals surface area contributed by atoms with Crippen LogP contribution in [0.5, 0.6) is 0 Å². The first-order valence-corrected chi connectivity index (χ1v) is 12.2. The number of amides is 1. The summed E-state index contributed by atoms with van der Waals surface area (Å²) in [5, 5.41) is 9.62. The van der Waals surface area contributed by atoms with E-state index in [9.17, 15) is 10.1 Å². The van der Waals surface area contributed by atoms with Crippen molar-refractivity contribution in [2.45, 2.75) is 52.2 Å². The van der Waals surface area contributed by atoms with Crippen molar-refractivity contribution in [3.63, 3.8) is 0 Å². The number of aromatic nitrogens is 2. The Balaban J connectivity index is 1.68. The number of anilines is 2. The summed E-state index contributed by atoms with van der Waals surface area (Å²) in [4.78, 5) is 30.3. The van der Waals surface area contributed by atoms with Gasteiger partial charge in [-0.05, 0) is 47.1 Å². The fourth-order valence-electron chi connectivity index (χ4n) is 4.40. The van der Waals surface area contributed by atoms with Crippen molar-refractivity contribution >= 4 is 17.9 Å². The monoisotopic (exact) mass is 473 g/mol. The average Bonchev–Trinajstić information content (AvgIpc) is 2.98. The van der Waals surface area contributed by atoms with Gasteiger partial charge in [-0.1, -0.05) is 0 Å². The number of hydrogen-bond acceptors (Lipinski definition) is 9. The summed E-state index contributed by atoms with van der Waals surface area (Å²) in [5.74, 6) is 1.34. The molecular formula is C24H39N7O3. The highest BCUT2D eigenvalue weighted by atomic mass is 16.6. The van der Waals surface area contributed by atoms with Gasteiger partial charge >= 0.3 is 6.09 Å². The number of hydrogen-bond donors (Lipinski definition) is 0. The summed E-state index contributed by atoms with van der Waals surface area (Å²) in [6.07, 6.45) is 1.74. The van der Waals surface area contributed by atoms with E-state index in [0.717, 1.165) is 51.4 Å². The van der Waals surface area contributed by atoms with Crippen molar-refractivity contribution in [2.24, 2.45) is 0 Å². The average molecular weight is 474 g/mol. The van der Waals surface area contributed by atoms with E-state index < -0.39 is 5.60 Å². The van der Waals surface area contributed by atoms with Crippen molar-refractivity contribution in [3.05, 3.63) is 11.8 Å². The molecule has 0 saturated carbocycles. The largest absolute Gasteiger partial charge is 0.444 e. The third-order valence-electron chi connectivity index (χ3n) is 6.08. The van der Waals surface area contributed by atoms with E-state index in [0.29, 0.717) is 37.8 Å². The van der Waals surface area contributed by atoms with Crippen molar-refractivity contribution in [1.82, 2.24) is 19.8 Å². The zero-order valence-corrected chi connectivity index (χ0v) is 21.3. The fourth-order valence-corrected chi connectivity index (χ4v) is 4.40. The molecule has 0 N–H and O–H groups in total. The molecule has 2 aliphatic heterocycles. The molecule has 1 atom stereocenters. The first kappa shape index (κ1) is 26.0. The predicted molar refractivity (Wildman–Crippen MR) is 131 cm³/mol. The summed E-state index contributed by atoms with van der Waals surface area (Å²) in [6.45, 7) is 14.7. The molecule has 0 unspecified atom stereocenters. The van der Waals surface area contributed by atoms with Gasteiger partial charge in [-0.25, -0.2) is 9.78 Å². The number of carbonyl (C=O) groups excluding carboxylic acids is 1. The minimum Gasteiger partial charge on any atom is -0.444 e. The van der Waals surface area contributed by atoms with E-state index in [1.165, 1.54) is 0 Å². The molecule has 0 aliphatic carbocycles. The van der Waals surface area contributed by atoms with Crippen LogP contribution in [0.2, 0.25) is 0 Å². The van der Waals surface area contributed by atoms with Gasteiger partial charge < -0.3 is 29.1 Å². The van der Waals surface area contributed by atoms with Gasteiger partial charge in [-0.15, -0.1) is 0 Å². The molecule has 0 bridgehead atoms. The lowest BCUT2D eigenvalue weighted by Crippen LogP contribution is -2.50. The molecule has 10 heteroatoms. The molecule has 1 amide bonds. The van der Waals surface area contributed by atoms with Crippen LogP contribution in [0.4, 0.5) is 16.6 Å². The van der Waals surface area contributed by atoms with Gasteiger partial charge in [0.1, 0.15) is 23.2 Å². The maximum absolute atomic E-state index is 12.4. The fraction of sp³-hybridized carbons (Fsp3) is 0.750. The molecular weight excluding hydrogens is 434 g/mol. The Morgan fingerprint density at radius 2 is 1.91 bits per heavy atom. The van der Waals surface area contributed by atoms with Crippen LogP contribution in [-0.2, 0) is 9.47 Å². The Hall–Kier alpha value is -2.64. The van der Waals surface area contributed by atoms with Gasteiger partial charge in [0.15, 0.2) is 0 Å². The highest BCUT2D eigenvalue weighted by Crippen LogP contribution is 2.23. The number of ether oxygens (including phenoxy) is 2. The Kier molecular flexibility index (Phi) is 8.91. The van der Waals surface area contributed by atoms with Crippen LogP contribution in [0, 0.1) is 11.3 Å². The highest BCUT2D eigenvalue weighted by molar-refractivity contribution is 5.68. The second kappa shape index (κ2) is 11.7. The topological polar surface area (TPSA) is 98.1 Å². The maximum atomic E-state index is 12.4. The Labute approximate surface area is 203 Å². The summed E-state index contributed by atoms with van der Waals surface area (Å²) >= 11 is 0. The number of nitrogens with zero attached hydrogens (tertiary/aromatic N) is 7. The van der Waals surface area contributed by atoms with Gasteiger partial charge in [0.2, 0.25) is 5.95 Å². The number of piperazine rings is 1. The third kappa shape index (κ3) is 7.18. The molecule has 1 aromatic rings. The molecule has 10 nitrogen and oxygen atoms in total. The van der Waals surface area contributed by atoms with Crippen LogP contribution in [-0.4, -0.2) is 104 Å². The molecule has 0 spiro atoms. The normalized spacial score (nSPS) is 20.1. The smallest absolute Gasteiger partial charge is 0.410 e. The second-order valence-electron chi connectivity index (χ2n) is 10.0. The van der Waals surface area contributed by atoms with Gasteiger partial charge in [0, 0.05) is 71.6 Å². The van der Waals surface area contributed by atoms with E-state index in [4.69, 9.17) is 14.5 Å². The van der Waals surface area contributed by atoms with Crippen LogP contribution >= 0.6 is 0 Å². The highest BCUT2D eigenvalue weighted by Gasteiger charge is 2.28. The number of carbonyl (C=O) groups is 1. The van der Waals surface area contributed by atoms with E-state index in [2.05, 4.69) is 32.7 Å². The lowest BCUT2D eigenvalue weighted by molar-refractivity contribution is 0.0240. The summed E-state index contributed by atoms with van der Waals surface area (Å²) in [7, 11) is 1.74. The van der Waals surface area contributed by atoms with E-state index in [-0.39, 0.29) is 12.1 Å². The Morgan fingerprint density at radius 1 is 1.18 bits per heavy atom.